The Labute approximate surface area is 279 Å². The second-order valence-corrected chi connectivity index (χ2v) is 12.6. The molecule has 3 aliphatic heterocycles. The third-order valence-electron chi connectivity index (χ3n) is 9.25. The summed E-state index contributed by atoms with van der Waals surface area (Å²) in [6.45, 7) is 13.3. The largest absolute Gasteiger partial charge is 0.494 e. The Bertz CT molecular complexity index is 1110. The highest BCUT2D eigenvalue weighted by atomic mass is 16.5. The van der Waals surface area contributed by atoms with Gasteiger partial charge in [0.05, 0.1) is 72.7 Å². The molecule has 11 heteroatoms. The summed E-state index contributed by atoms with van der Waals surface area (Å²) in [6.07, 6.45) is -0.0905. The van der Waals surface area contributed by atoms with E-state index in [1.165, 1.54) is 5.56 Å². The molecule has 2 aromatic rings. The van der Waals surface area contributed by atoms with Crippen LogP contribution in [-0.2, 0) is 30.3 Å². The summed E-state index contributed by atoms with van der Waals surface area (Å²) in [7, 11) is 0. The zero-order chi connectivity index (χ0) is 32.5. The molecule has 0 aromatic heterocycles. The molecule has 3 heterocycles. The monoisotopic (exact) mass is 655 g/mol. The van der Waals surface area contributed by atoms with Crippen LogP contribution in [0.25, 0.3) is 0 Å². The predicted molar refractivity (Wildman–Crippen MR) is 178 cm³/mol. The van der Waals surface area contributed by atoms with Crippen LogP contribution in [-0.4, -0.2) is 144 Å². The number of hydrogen-bond acceptors (Lipinski definition) is 9. The standard InChI is InChI=1S/C36H53N3O8/c40-36(41)39-25-32(28-45-23-15-37-11-19-42-20-12-37)35(33(26-39)29-46-24-16-38-13-21-43-22-14-38)31-7-9-34(10-8-31)47-18-4-17-44-27-30-5-2-1-3-6-30/h1-3,5-10,32-33,35H,4,11-29H2,(H,40,41)/t32-,33+,35?. The van der Waals surface area contributed by atoms with Gasteiger partial charge in [-0.05, 0) is 29.2 Å². The first-order valence-electron chi connectivity index (χ1n) is 17.2. The van der Waals surface area contributed by atoms with E-state index in [1.54, 1.807) is 4.90 Å². The van der Waals surface area contributed by atoms with E-state index in [2.05, 4.69) is 34.1 Å². The highest BCUT2D eigenvalue weighted by Crippen LogP contribution is 2.38. The number of rotatable bonds is 18. The summed E-state index contributed by atoms with van der Waals surface area (Å²) < 4.78 is 35.3. The number of hydrogen-bond donors (Lipinski definition) is 1. The molecule has 0 saturated carbocycles. The molecular weight excluding hydrogens is 602 g/mol. The van der Waals surface area contributed by atoms with E-state index < -0.39 is 6.09 Å². The molecule has 1 N–H and O–H groups in total. The number of benzene rings is 2. The van der Waals surface area contributed by atoms with Gasteiger partial charge in [-0.3, -0.25) is 9.80 Å². The number of morpholine rings is 2. The average molecular weight is 656 g/mol. The van der Waals surface area contributed by atoms with Crippen LogP contribution in [0.4, 0.5) is 4.79 Å². The normalized spacial score (nSPS) is 22.7. The van der Waals surface area contributed by atoms with E-state index >= 15 is 0 Å². The van der Waals surface area contributed by atoms with Crippen LogP contribution < -0.4 is 4.74 Å². The molecular formula is C36H53N3O8. The second kappa shape index (κ2) is 19.9. The predicted octanol–water partition coefficient (Wildman–Crippen LogP) is 3.68. The summed E-state index contributed by atoms with van der Waals surface area (Å²) >= 11 is 0. The summed E-state index contributed by atoms with van der Waals surface area (Å²) in [5.41, 5.74) is 2.33. The lowest BCUT2D eigenvalue weighted by molar-refractivity contribution is -0.0190. The molecule has 47 heavy (non-hydrogen) atoms. The van der Waals surface area contributed by atoms with Crippen molar-refractivity contribution in [3.8, 4) is 5.75 Å². The van der Waals surface area contributed by atoms with Crippen molar-refractivity contribution in [2.24, 2.45) is 11.8 Å². The van der Waals surface area contributed by atoms with Crippen molar-refractivity contribution in [2.45, 2.75) is 18.9 Å². The van der Waals surface area contributed by atoms with Gasteiger partial charge in [0, 0.05) is 70.6 Å². The van der Waals surface area contributed by atoms with Gasteiger partial charge in [0.2, 0.25) is 0 Å². The summed E-state index contributed by atoms with van der Waals surface area (Å²) in [4.78, 5) is 18.5. The molecule has 3 fully saturated rings. The van der Waals surface area contributed by atoms with E-state index in [-0.39, 0.29) is 17.8 Å². The molecule has 1 amide bonds. The van der Waals surface area contributed by atoms with Crippen LogP contribution in [0.1, 0.15) is 23.5 Å². The minimum atomic E-state index is -0.892. The maximum Gasteiger partial charge on any atom is 0.407 e. The maximum atomic E-state index is 12.2. The fourth-order valence-corrected chi connectivity index (χ4v) is 6.67. The first-order valence-corrected chi connectivity index (χ1v) is 17.2. The van der Waals surface area contributed by atoms with Crippen molar-refractivity contribution in [1.82, 2.24) is 14.7 Å². The number of amides is 1. The Hall–Kier alpha value is -2.77. The minimum absolute atomic E-state index is 0.00548. The maximum absolute atomic E-state index is 12.2. The molecule has 5 rings (SSSR count). The topological polar surface area (TPSA) is 102 Å². The summed E-state index contributed by atoms with van der Waals surface area (Å²) in [6, 6.07) is 18.5. The minimum Gasteiger partial charge on any atom is -0.494 e. The van der Waals surface area contributed by atoms with Gasteiger partial charge in [-0.15, -0.1) is 0 Å². The number of carboxylic acid groups (broad SMARTS) is 1. The van der Waals surface area contributed by atoms with Crippen molar-refractivity contribution < 1.29 is 38.3 Å². The van der Waals surface area contributed by atoms with Crippen LogP contribution in [0.3, 0.4) is 0 Å². The Morgan fingerprint density at radius 2 is 1.30 bits per heavy atom. The molecule has 11 nitrogen and oxygen atoms in total. The van der Waals surface area contributed by atoms with Crippen LogP contribution in [0, 0.1) is 11.8 Å². The molecule has 0 radical (unpaired) electrons. The molecule has 0 spiro atoms. The first-order chi connectivity index (χ1) is 23.2. The third kappa shape index (κ3) is 12.0. The van der Waals surface area contributed by atoms with Crippen LogP contribution in [0.5, 0.6) is 5.75 Å². The fraction of sp³-hybridized carbons (Fsp3) is 0.639. The number of piperidine rings is 1. The van der Waals surface area contributed by atoms with Crippen molar-refractivity contribution in [2.75, 3.05) is 118 Å². The van der Waals surface area contributed by atoms with E-state index in [9.17, 15) is 9.90 Å². The Morgan fingerprint density at radius 1 is 0.723 bits per heavy atom. The number of carbonyl (C=O) groups is 1. The van der Waals surface area contributed by atoms with Gasteiger partial charge < -0.3 is 38.4 Å². The number of ether oxygens (including phenoxy) is 6. The highest BCUT2D eigenvalue weighted by molar-refractivity contribution is 5.65. The molecule has 3 saturated heterocycles. The van der Waals surface area contributed by atoms with Gasteiger partial charge in [-0.1, -0.05) is 42.5 Å². The Balaban J connectivity index is 1.16. The van der Waals surface area contributed by atoms with Crippen LogP contribution in [0.2, 0.25) is 0 Å². The van der Waals surface area contributed by atoms with E-state index in [4.69, 9.17) is 28.4 Å². The Morgan fingerprint density at radius 3 is 1.85 bits per heavy atom. The number of likely N-dealkylation sites (tertiary alicyclic amines) is 1. The highest BCUT2D eigenvalue weighted by Gasteiger charge is 2.40. The van der Waals surface area contributed by atoms with Crippen LogP contribution in [0.15, 0.2) is 54.6 Å². The van der Waals surface area contributed by atoms with Gasteiger partial charge in [0.15, 0.2) is 0 Å². The fourth-order valence-electron chi connectivity index (χ4n) is 6.67. The van der Waals surface area contributed by atoms with Gasteiger partial charge in [-0.25, -0.2) is 4.79 Å². The third-order valence-corrected chi connectivity index (χ3v) is 9.25. The first kappa shape index (κ1) is 35.5. The van der Waals surface area contributed by atoms with Gasteiger partial charge in [0.1, 0.15) is 5.75 Å². The molecule has 1 unspecified atom stereocenters. The molecule has 0 aliphatic carbocycles. The molecule has 3 aliphatic rings. The van der Waals surface area contributed by atoms with Crippen molar-refractivity contribution in [3.05, 3.63) is 65.7 Å². The summed E-state index contributed by atoms with van der Waals surface area (Å²) in [5.74, 6) is 0.922. The zero-order valence-corrected chi connectivity index (χ0v) is 27.7. The molecule has 3 atom stereocenters. The van der Waals surface area contributed by atoms with Crippen molar-refractivity contribution in [3.63, 3.8) is 0 Å². The lowest BCUT2D eigenvalue weighted by Gasteiger charge is -2.43. The van der Waals surface area contributed by atoms with E-state index in [0.29, 0.717) is 59.3 Å². The SMILES string of the molecule is O=C(O)N1C[C@@H](COCCN2CCOCC2)C(c2ccc(OCCCOCc3ccccc3)cc2)[C@@H](COCCN2CCOCC2)C1. The van der Waals surface area contributed by atoms with E-state index in [1.807, 2.05) is 30.3 Å². The number of nitrogens with zero attached hydrogens (tertiary/aromatic N) is 3. The molecule has 2 aromatic carbocycles. The van der Waals surface area contributed by atoms with Gasteiger partial charge >= 0.3 is 6.09 Å². The van der Waals surface area contributed by atoms with Crippen LogP contribution >= 0.6 is 0 Å². The van der Waals surface area contributed by atoms with Gasteiger partial charge in [0.25, 0.3) is 0 Å². The second-order valence-electron chi connectivity index (χ2n) is 12.6. The average Bonchev–Trinajstić information content (AvgIpc) is 3.11. The quantitative estimate of drug-likeness (QED) is 0.240. The van der Waals surface area contributed by atoms with Crippen molar-refractivity contribution in [1.29, 1.82) is 0 Å². The lowest BCUT2D eigenvalue weighted by atomic mass is 9.74. The summed E-state index contributed by atoms with van der Waals surface area (Å²) in [5, 5.41) is 10.0. The van der Waals surface area contributed by atoms with E-state index in [0.717, 1.165) is 83.4 Å². The molecule has 0 bridgehead atoms. The lowest BCUT2D eigenvalue weighted by Crippen LogP contribution is -2.50. The zero-order valence-electron chi connectivity index (χ0n) is 27.7. The smallest absolute Gasteiger partial charge is 0.407 e. The molecule has 260 valence electrons. The van der Waals surface area contributed by atoms with Gasteiger partial charge in [-0.2, -0.15) is 0 Å². The Kier molecular flexibility index (Phi) is 15.1. The van der Waals surface area contributed by atoms with Crippen molar-refractivity contribution >= 4 is 6.09 Å².